The summed E-state index contributed by atoms with van der Waals surface area (Å²) < 4.78 is 12.3. The molecule has 0 spiro atoms. The molecule has 0 aliphatic heterocycles. The van der Waals surface area contributed by atoms with E-state index in [2.05, 4.69) is 31.3 Å². The van der Waals surface area contributed by atoms with Crippen LogP contribution in [0.3, 0.4) is 0 Å². The number of aryl methyl sites for hydroxylation is 4. The van der Waals surface area contributed by atoms with Crippen molar-refractivity contribution in [2.24, 2.45) is 0 Å². The molecule has 0 atom stereocenters. The highest BCUT2D eigenvalue weighted by Gasteiger charge is 2.18. The van der Waals surface area contributed by atoms with Crippen LogP contribution in [-0.2, 0) is 13.1 Å². The van der Waals surface area contributed by atoms with Crippen molar-refractivity contribution >= 4 is 16.7 Å². The van der Waals surface area contributed by atoms with Gasteiger partial charge >= 0.3 is 0 Å². The standard InChI is InChI=1S/C24H28N2O4/c1-7-26-13-20(18-10-21(29-5)22(30-6)11-19(18)24(26)28)23(27)25-12-17-9-15(3)14(2)8-16(17)4/h8-11,13H,7,12H2,1-6H3,(H,25,27). The molecule has 1 heterocycles. The highest BCUT2D eigenvalue weighted by molar-refractivity contribution is 6.07. The summed E-state index contributed by atoms with van der Waals surface area (Å²) in [6.07, 6.45) is 1.61. The molecule has 3 rings (SSSR count). The number of nitrogens with zero attached hydrogens (tertiary/aromatic N) is 1. The Morgan fingerprint density at radius 3 is 2.13 bits per heavy atom. The van der Waals surface area contributed by atoms with Crippen LogP contribution in [0.4, 0.5) is 0 Å². The molecule has 1 N–H and O–H groups in total. The maximum absolute atomic E-state index is 13.1. The van der Waals surface area contributed by atoms with Crippen molar-refractivity contribution < 1.29 is 14.3 Å². The molecule has 0 saturated heterocycles. The third-order valence-electron chi connectivity index (χ3n) is 5.57. The lowest BCUT2D eigenvalue weighted by atomic mass is 10.0. The minimum Gasteiger partial charge on any atom is -0.493 e. The van der Waals surface area contributed by atoms with Gasteiger partial charge in [-0.1, -0.05) is 12.1 Å². The Labute approximate surface area is 176 Å². The monoisotopic (exact) mass is 408 g/mol. The summed E-state index contributed by atoms with van der Waals surface area (Å²) in [4.78, 5) is 26.0. The van der Waals surface area contributed by atoms with Crippen molar-refractivity contribution in [1.29, 1.82) is 0 Å². The number of fused-ring (bicyclic) bond motifs is 1. The van der Waals surface area contributed by atoms with Crippen molar-refractivity contribution in [3.8, 4) is 11.5 Å². The maximum Gasteiger partial charge on any atom is 0.258 e. The fraction of sp³-hybridized carbons (Fsp3) is 0.333. The van der Waals surface area contributed by atoms with Crippen LogP contribution in [0.1, 0.15) is 39.5 Å². The number of aromatic nitrogens is 1. The maximum atomic E-state index is 13.1. The van der Waals surface area contributed by atoms with Gasteiger partial charge in [-0.2, -0.15) is 0 Å². The Balaban J connectivity index is 2.05. The molecule has 6 heteroatoms. The highest BCUT2D eigenvalue weighted by atomic mass is 16.5. The second kappa shape index (κ2) is 8.61. The first kappa shape index (κ1) is 21.4. The molecular formula is C24H28N2O4. The number of benzene rings is 2. The number of hydrogen-bond acceptors (Lipinski definition) is 4. The van der Waals surface area contributed by atoms with Gasteiger partial charge in [-0.05, 0) is 62.1 Å². The first-order valence-electron chi connectivity index (χ1n) is 9.94. The molecule has 2 aromatic carbocycles. The first-order chi connectivity index (χ1) is 14.3. The van der Waals surface area contributed by atoms with Crippen molar-refractivity contribution in [2.45, 2.75) is 40.8 Å². The second-order valence-electron chi connectivity index (χ2n) is 7.43. The molecule has 0 unspecified atom stereocenters. The minimum atomic E-state index is -0.243. The van der Waals surface area contributed by atoms with Gasteiger partial charge in [-0.15, -0.1) is 0 Å². The van der Waals surface area contributed by atoms with Crippen LogP contribution in [0.5, 0.6) is 11.5 Å². The summed E-state index contributed by atoms with van der Waals surface area (Å²) in [6.45, 7) is 8.91. The molecule has 1 aromatic heterocycles. The van der Waals surface area contributed by atoms with E-state index in [1.807, 2.05) is 13.8 Å². The molecule has 0 saturated carbocycles. The van der Waals surface area contributed by atoms with Gasteiger partial charge in [0.2, 0.25) is 0 Å². The highest BCUT2D eigenvalue weighted by Crippen LogP contribution is 2.32. The zero-order chi connectivity index (χ0) is 22.0. The van der Waals surface area contributed by atoms with Crippen molar-refractivity contribution in [3.63, 3.8) is 0 Å². The fourth-order valence-corrected chi connectivity index (χ4v) is 3.61. The van der Waals surface area contributed by atoms with Gasteiger partial charge in [0.15, 0.2) is 11.5 Å². The van der Waals surface area contributed by atoms with Gasteiger partial charge in [0.25, 0.3) is 11.5 Å². The quantitative estimate of drug-likeness (QED) is 0.672. The molecule has 0 aliphatic carbocycles. The summed E-state index contributed by atoms with van der Waals surface area (Å²) in [5.74, 6) is 0.679. The molecule has 0 bridgehead atoms. The summed E-state index contributed by atoms with van der Waals surface area (Å²) in [5, 5.41) is 3.96. The first-order valence-corrected chi connectivity index (χ1v) is 9.94. The summed E-state index contributed by atoms with van der Waals surface area (Å²) >= 11 is 0. The van der Waals surface area contributed by atoms with E-state index in [4.69, 9.17) is 9.47 Å². The Hall–Kier alpha value is -3.28. The van der Waals surface area contributed by atoms with E-state index in [0.717, 1.165) is 11.1 Å². The molecule has 0 aliphatic rings. The number of carbonyl (C=O) groups excluding carboxylic acids is 1. The fourth-order valence-electron chi connectivity index (χ4n) is 3.61. The van der Waals surface area contributed by atoms with Gasteiger partial charge < -0.3 is 19.4 Å². The number of ether oxygens (including phenoxy) is 2. The van der Waals surface area contributed by atoms with E-state index in [9.17, 15) is 9.59 Å². The lowest BCUT2D eigenvalue weighted by Gasteiger charge is -2.15. The summed E-state index contributed by atoms with van der Waals surface area (Å²) in [5.41, 5.74) is 4.87. The Kier molecular flexibility index (Phi) is 6.15. The predicted octanol–water partition coefficient (Wildman–Crippen LogP) is 3.89. The largest absolute Gasteiger partial charge is 0.493 e. The van der Waals surface area contributed by atoms with Crippen LogP contribution in [0, 0.1) is 20.8 Å². The topological polar surface area (TPSA) is 69.6 Å². The zero-order valence-corrected chi connectivity index (χ0v) is 18.4. The molecule has 0 radical (unpaired) electrons. The summed E-state index contributed by atoms with van der Waals surface area (Å²) in [7, 11) is 3.05. The van der Waals surface area contributed by atoms with Crippen LogP contribution in [0.25, 0.3) is 10.8 Å². The van der Waals surface area contributed by atoms with E-state index < -0.39 is 0 Å². The number of nitrogens with one attached hydrogen (secondary N) is 1. The molecule has 3 aromatic rings. The van der Waals surface area contributed by atoms with Crippen LogP contribution in [0.15, 0.2) is 35.3 Å². The number of pyridine rings is 1. The third kappa shape index (κ3) is 3.90. The SMILES string of the molecule is CCn1cc(C(=O)NCc2cc(C)c(C)cc2C)c2cc(OC)c(OC)cc2c1=O. The number of carbonyl (C=O) groups is 1. The Morgan fingerprint density at radius 2 is 1.53 bits per heavy atom. The number of amides is 1. The van der Waals surface area contributed by atoms with E-state index in [1.54, 1.807) is 18.3 Å². The van der Waals surface area contributed by atoms with Crippen LogP contribution < -0.4 is 20.3 Å². The Morgan fingerprint density at radius 1 is 0.933 bits per heavy atom. The van der Waals surface area contributed by atoms with E-state index in [-0.39, 0.29) is 11.5 Å². The molecule has 0 fully saturated rings. The minimum absolute atomic E-state index is 0.171. The summed E-state index contributed by atoms with van der Waals surface area (Å²) in [6, 6.07) is 7.54. The van der Waals surface area contributed by atoms with Gasteiger partial charge in [0.1, 0.15) is 0 Å². The predicted molar refractivity (Wildman–Crippen MR) is 119 cm³/mol. The lowest BCUT2D eigenvalue weighted by molar-refractivity contribution is 0.0951. The number of hydrogen-bond donors (Lipinski definition) is 1. The van der Waals surface area contributed by atoms with Gasteiger partial charge in [-0.25, -0.2) is 0 Å². The molecular weight excluding hydrogens is 380 g/mol. The van der Waals surface area contributed by atoms with E-state index in [1.165, 1.54) is 29.9 Å². The number of methoxy groups -OCH3 is 2. The second-order valence-corrected chi connectivity index (χ2v) is 7.43. The van der Waals surface area contributed by atoms with Gasteiger partial charge in [0, 0.05) is 24.7 Å². The Bertz CT molecular complexity index is 1180. The van der Waals surface area contributed by atoms with Crippen molar-refractivity contribution in [1.82, 2.24) is 9.88 Å². The lowest BCUT2D eigenvalue weighted by Crippen LogP contribution is -2.27. The molecule has 158 valence electrons. The van der Waals surface area contributed by atoms with Crippen molar-refractivity contribution in [2.75, 3.05) is 14.2 Å². The van der Waals surface area contributed by atoms with E-state index >= 15 is 0 Å². The van der Waals surface area contributed by atoms with Crippen LogP contribution >= 0.6 is 0 Å². The molecule has 30 heavy (non-hydrogen) atoms. The zero-order valence-electron chi connectivity index (χ0n) is 18.4. The normalized spacial score (nSPS) is 10.9. The van der Waals surface area contributed by atoms with Crippen molar-refractivity contribution in [3.05, 3.63) is 68.6 Å². The smallest absolute Gasteiger partial charge is 0.258 e. The van der Waals surface area contributed by atoms with Crippen LogP contribution in [-0.4, -0.2) is 24.7 Å². The number of rotatable bonds is 6. The molecule has 1 amide bonds. The van der Waals surface area contributed by atoms with Gasteiger partial charge in [0.05, 0.1) is 25.2 Å². The average molecular weight is 408 g/mol. The van der Waals surface area contributed by atoms with E-state index in [0.29, 0.717) is 40.9 Å². The van der Waals surface area contributed by atoms with Gasteiger partial charge in [-0.3, -0.25) is 9.59 Å². The molecule has 6 nitrogen and oxygen atoms in total. The third-order valence-corrected chi connectivity index (χ3v) is 5.57. The van der Waals surface area contributed by atoms with Crippen LogP contribution in [0.2, 0.25) is 0 Å². The average Bonchev–Trinajstić information content (AvgIpc) is 2.74.